The Kier molecular flexibility index (Phi) is 10.2. The minimum Gasteiger partial charge on any atom is -0.497 e. The van der Waals surface area contributed by atoms with Crippen LogP contribution in [0.15, 0.2) is 53.5 Å². The molecule has 2 atom stereocenters. The number of amides is 1. The number of aliphatic imine (C=N–C) groups is 1. The second-order valence-electron chi connectivity index (χ2n) is 7.35. The topological polar surface area (TPSA) is 75.2 Å². The van der Waals surface area contributed by atoms with Gasteiger partial charge in [0.05, 0.1) is 19.8 Å². The summed E-state index contributed by atoms with van der Waals surface area (Å²) in [5.41, 5.74) is 1.51. The molecule has 3 rings (SSSR count). The quantitative estimate of drug-likeness (QED) is 0.248. The molecule has 7 nitrogen and oxygen atoms in total. The number of methoxy groups -OCH3 is 1. The van der Waals surface area contributed by atoms with Crippen LogP contribution in [0.25, 0.3) is 0 Å². The zero-order chi connectivity index (χ0) is 22.2. The molecule has 174 valence electrons. The summed E-state index contributed by atoms with van der Waals surface area (Å²) >= 11 is 0. The van der Waals surface area contributed by atoms with Gasteiger partial charge in [-0.15, -0.1) is 24.0 Å². The summed E-state index contributed by atoms with van der Waals surface area (Å²) in [6.07, 6.45) is -0.171. The van der Waals surface area contributed by atoms with Crippen LogP contribution in [0.1, 0.15) is 28.9 Å². The molecule has 0 bridgehead atoms. The van der Waals surface area contributed by atoms with E-state index >= 15 is 0 Å². The zero-order valence-electron chi connectivity index (χ0n) is 18.5. The highest BCUT2D eigenvalue weighted by atomic mass is 127. The predicted octanol–water partition coefficient (Wildman–Crippen LogP) is 3.22. The van der Waals surface area contributed by atoms with Gasteiger partial charge in [0.25, 0.3) is 5.91 Å². The van der Waals surface area contributed by atoms with Crippen molar-refractivity contribution in [3.63, 3.8) is 0 Å². The van der Waals surface area contributed by atoms with E-state index in [9.17, 15) is 9.18 Å². The maximum atomic E-state index is 13.2. The van der Waals surface area contributed by atoms with Gasteiger partial charge in [-0.3, -0.25) is 9.79 Å². The number of nitrogens with one attached hydrogen (secondary N) is 2. The summed E-state index contributed by atoms with van der Waals surface area (Å²) in [4.78, 5) is 18.8. The smallest absolute Gasteiger partial charge is 0.251 e. The Bertz CT molecular complexity index is 893. The van der Waals surface area contributed by atoms with E-state index in [-0.39, 0.29) is 47.9 Å². The van der Waals surface area contributed by atoms with Gasteiger partial charge in [0.2, 0.25) is 0 Å². The first-order valence-corrected chi connectivity index (χ1v) is 10.3. The predicted molar refractivity (Wildman–Crippen MR) is 133 cm³/mol. The Balaban J connectivity index is 0.00000363. The van der Waals surface area contributed by atoms with E-state index in [1.165, 1.54) is 12.1 Å². The first-order valence-electron chi connectivity index (χ1n) is 10.3. The van der Waals surface area contributed by atoms with Gasteiger partial charge in [-0.25, -0.2) is 4.39 Å². The molecule has 32 heavy (non-hydrogen) atoms. The van der Waals surface area contributed by atoms with E-state index in [4.69, 9.17) is 9.47 Å². The Morgan fingerprint density at radius 1 is 1.12 bits per heavy atom. The summed E-state index contributed by atoms with van der Waals surface area (Å²) in [5, 5.41) is 6.18. The number of ether oxygens (including phenoxy) is 2. The fourth-order valence-corrected chi connectivity index (χ4v) is 3.51. The maximum absolute atomic E-state index is 13.2. The van der Waals surface area contributed by atoms with E-state index < -0.39 is 0 Å². The van der Waals surface area contributed by atoms with Crippen molar-refractivity contribution in [2.75, 3.05) is 40.3 Å². The second kappa shape index (κ2) is 12.6. The summed E-state index contributed by atoms with van der Waals surface area (Å²) in [7, 11) is 3.32. The van der Waals surface area contributed by atoms with Gasteiger partial charge in [-0.1, -0.05) is 12.1 Å². The van der Waals surface area contributed by atoms with Crippen LogP contribution in [0.3, 0.4) is 0 Å². The molecule has 1 amide bonds. The third-order valence-electron chi connectivity index (χ3n) is 5.06. The normalized spacial score (nSPS) is 18.5. The Labute approximate surface area is 205 Å². The van der Waals surface area contributed by atoms with Crippen LogP contribution in [0.5, 0.6) is 5.75 Å². The molecule has 1 aliphatic heterocycles. The number of nitrogens with zero attached hydrogens (tertiary/aromatic N) is 2. The number of morpholine rings is 1. The van der Waals surface area contributed by atoms with Crippen molar-refractivity contribution in [3.05, 3.63) is 65.5 Å². The summed E-state index contributed by atoms with van der Waals surface area (Å²) in [5.74, 6) is 1.04. The standard InChI is InChI=1S/C23H29FN4O3.HI/c1-16-14-28(15-21(31-16)17-4-8-19(24)9-5-17)23(25-2)27-13-12-26-22(29)18-6-10-20(30-3)11-7-18;/h4-11,16,21H,12-15H2,1-3H3,(H,25,27)(H,26,29);1H. The molecular weight excluding hydrogens is 526 g/mol. The Hall–Kier alpha value is -2.40. The Morgan fingerprint density at radius 3 is 2.41 bits per heavy atom. The molecule has 1 heterocycles. The highest BCUT2D eigenvalue weighted by molar-refractivity contribution is 14.0. The average molecular weight is 556 g/mol. The third-order valence-corrected chi connectivity index (χ3v) is 5.06. The van der Waals surface area contributed by atoms with Gasteiger partial charge in [0.1, 0.15) is 17.7 Å². The van der Waals surface area contributed by atoms with Crippen molar-refractivity contribution in [3.8, 4) is 5.75 Å². The molecule has 0 aliphatic carbocycles. The van der Waals surface area contributed by atoms with E-state index in [1.807, 2.05) is 6.92 Å². The first kappa shape index (κ1) is 25.9. The molecular formula is C23H30FIN4O3. The van der Waals surface area contributed by atoms with Crippen molar-refractivity contribution in [1.29, 1.82) is 0 Å². The van der Waals surface area contributed by atoms with Crippen LogP contribution < -0.4 is 15.4 Å². The fourth-order valence-electron chi connectivity index (χ4n) is 3.51. The molecule has 1 aliphatic rings. The van der Waals surface area contributed by atoms with E-state index in [2.05, 4.69) is 20.5 Å². The number of rotatable bonds is 6. The monoisotopic (exact) mass is 556 g/mol. The lowest BCUT2D eigenvalue weighted by Crippen LogP contribution is -2.51. The molecule has 2 N–H and O–H groups in total. The summed E-state index contributed by atoms with van der Waals surface area (Å²) in [6, 6.07) is 13.4. The zero-order valence-corrected chi connectivity index (χ0v) is 20.8. The number of guanidine groups is 1. The number of benzene rings is 2. The van der Waals surface area contributed by atoms with Crippen molar-refractivity contribution < 1.29 is 18.7 Å². The number of carbonyl (C=O) groups excluding carboxylic acids is 1. The molecule has 0 radical (unpaired) electrons. The lowest BCUT2D eigenvalue weighted by molar-refractivity contribution is -0.0604. The third kappa shape index (κ3) is 7.06. The van der Waals surface area contributed by atoms with Crippen LogP contribution in [-0.2, 0) is 4.74 Å². The highest BCUT2D eigenvalue weighted by Gasteiger charge is 2.28. The Morgan fingerprint density at radius 2 is 1.78 bits per heavy atom. The minimum atomic E-state index is -0.265. The van der Waals surface area contributed by atoms with Crippen molar-refractivity contribution in [1.82, 2.24) is 15.5 Å². The van der Waals surface area contributed by atoms with Gasteiger partial charge in [-0.2, -0.15) is 0 Å². The molecule has 1 fully saturated rings. The van der Waals surface area contributed by atoms with Gasteiger partial charge in [0.15, 0.2) is 5.96 Å². The molecule has 0 spiro atoms. The van der Waals surface area contributed by atoms with Gasteiger partial charge >= 0.3 is 0 Å². The van der Waals surface area contributed by atoms with Gasteiger partial charge in [-0.05, 0) is 48.9 Å². The van der Waals surface area contributed by atoms with Gasteiger partial charge in [0, 0.05) is 32.2 Å². The van der Waals surface area contributed by atoms with Crippen LogP contribution >= 0.6 is 24.0 Å². The van der Waals surface area contributed by atoms with E-state index in [1.54, 1.807) is 50.6 Å². The molecule has 9 heteroatoms. The number of carbonyl (C=O) groups is 1. The second-order valence-corrected chi connectivity index (χ2v) is 7.35. The van der Waals surface area contributed by atoms with Crippen LogP contribution in [0.2, 0.25) is 0 Å². The summed E-state index contributed by atoms with van der Waals surface area (Å²) < 4.78 is 24.4. The van der Waals surface area contributed by atoms with Crippen molar-refractivity contribution in [2.24, 2.45) is 4.99 Å². The minimum absolute atomic E-state index is 0. The fraction of sp³-hybridized carbons (Fsp3) is 0.391. The highest BCUT2D eigenvalue weighted by Crippen LogP contribution is 2.25. The molecule has 2 aromatic rings. The van der Waals surface area contributed by atoms with E-state index in [0.29, 0.717) is 37.5 Å². The maximum Gasteiger partial charge on any atom is 0.251 e. The lowest BCUT2D eigenvalue weighted by atomic mass is 10.1. The van der Waals surface area contributed by atoms with Crippen molar-refractivity contribution >= 4 is 35.8 Å². The molecule has 1 saturated heterocycles. The molecule has 0 aromatic heterocycles. The van der Waals surface area contributed by atoms with Crippen molar-refractivity contribution in [2.45, 2.75) is 19.1 Å². The van der Waals surface area contributed by atoms with Crippen LogP contribution in [0, 0.1) is 5.82 Å². The SMILES string of the molecule is CN=C(NCCNC(=O)c1ccc(OC)cc1)N1CC(C)OC(c2ccc(F)cc2)C1.I. The number of hydrogen-bond acceptors (Lipinski definition) is 4. The molecule has 2 aromatic carbocycles. The molecule has 0 saturated carbocycles. The number of halogens is 2. The van der Waals surface area contributed by atoms with Crippen LogP contribution in [0.4, 0.5) is 4.39 Å². The largest absolute Gasteiger partial charge is 0.497 e. The average Bonchev–Trinajstić information content (AvgIpc) is 2.79. The first-order chi connectivity index (χ1) is 15.0. The summed E-state index contributed by atoms with van der Waals surface area (Å²) in [6.45, 7) is 4.28. The molecule has 2 unspecified atom stereocenters. The van der Waals surface area contributed by atoms with Crippen LogP contribution in [-0.4, -0.2) is 63.2 Å². The van der Waals surface area contributed by atoms with E-state index in [0.717, 1.165) is 11.5 Å². The lowest BCUT2D eigenvalue weighted by Gasteiger charge is -2.38. The number of hydrogen-bond donors (Lipinski definition) is 2. The van der Waals surface area contributed by atoms with Gasteiger partial charge < -0.3 is 25.0 Å².